The van der Waals surface area contributed by atoms with Crippen LogP contribution in [-0.2, 0) is 6.54 Å². The predicted molar refractivity (Wildman–Crippen MR) is 106 cm³/mol. The highest BCUT2D eigenvalue weighted by Crippen LogP contribution is 2.21. The highest BCUT2D eigenvalue weighted by Gasteiger charge is 2.19. The summed E-state index contributed by atoms with van der Waals surface area (Å²) in [6.45, 7) is 12.9. The summed E-state index contributed by atoms with van der Waals surface area (Å²) < 4.78 is 4.01. The Kier molecular flexibility index (Phi) is 5.04. The van der Waals surface area contributed by atoms with E-state index in [1.807, 2.05) is 29.3 Å². The third-order valence-electron chi connectivity index (χ3n) is 4.92. The molecule has 0 saturated heterocycles. The zero-order valence-electron chi connectivity index (χ0n) is 17.2. The van der Waals surface area contributed by atoms with Gasteiger partial charge in [-0.3, -0.25) is 9.48 Å². The fraction of sp³-hybridized carbons (Fsp3) is 0.500. The van der Waals surface area contributed by atoms with E-state index < -0.39 is 0 Å². The molecule has 144 valence electrons. The summed E-state index contributed by atoms with van der Waals surface area (Å²) in [4.78, 5) is 23.5. The average Bonchev–Trinajstić information content (AvgIpc) is 3.16. The number of hydrogen-bond acceptors (Lipinski definition) is 4. The monoisotopic (exact) mass is 368 g/mol. The molecule has 3 heterocycles. The summed E-state index contributed by atoms with van der Waals surface area (Å²) in [6, 6.07) is 2.38. The van der Waals surface area contributed by atoms with Gasteiger partial charge >= 0.3 is 0 Å². The van der Waals surface area contributed by atoms with Gasteiger partial charge < -0.3 is 9.47 Å². The van der Waals surface area contributed by atoms with Gasteiger partial charge in [-0.2, -0.15) is 5.10 Å². The molecule has 3 aromatic heterocycles. The minimum atomic E-state index is -0.0698. The summed E-state index contributed by atoms with van der Waals surface area (Å²) in [5.74, 6) is -0.0698. The Morgan fingerprint density at radius 2 is 1.85 bits per heavy atom. The van der Waals surface area contributed by atoms with E-state index >= 15 is 0 Å². The summed E-state index contributed by atoms with van der Waals surface area (Å²) in [5.41, 5.74) is 5.25. The van der Waals surface area contributed by atoms with Crippen molar-refractivity contribution in [3.05, 3.63) is 41.1 Å². The molecule has 0 atom stereocenters. The number of nitrogens with zero attached hydrogens (tertiary/aromatic N) is 6. The number of aryl methyl sites for hydroxylation is 1. The first-order valence-corrected chi connectivity index (χ1v) is 9.33. The van der Waals surface area contributed by atoms with Crippen molar-refractivity contribution in [1.82, 2.24) is 29.2 Å². The van der Waals surface area contributed by atoms with Crippen molar-refractivity contribution in [3.63, 3.8) is 0 Å². The molecule has 0 fully saturated rings. The minimum Gasteiger partial charge on any atom is -0.337 e. The Morgan fingerprint density at radius 1 is 1.15 bits per heavy atom. The molecule has 3 aromatic rings. The number of fused-ring (bicyclic) bond motifs is 1. The van der Waals surface area contributed by atoms with Crippen molar-refractivity contribution in [3.8, 4) is 0 Å². The lowest BCUT2D eigenvalue weighted by Gasteiger charge is -2.18. The van der Waals surface area contributed by atoms with Crippen molar-refractivity contribution in [2.75, 3.05) is 7.05 Å². The molecule has 0 bridgehead atoms. The van der Waals surface area contributed by atoms with Gasteiger partial charge in [0.15, 0.2) is 5.65 Å². The van der Waals surface area contributed by atoms with Crippen LogP contribution in [0.1, 0.15) is 67.1 Å². The maximum Gasteiger partial charge on any atom is 0.255 e. The molecule has 3 rings (SSSR count). The smallest absolute Gasteiger partial charge is 0.255 e. The second kappa shape index (κ2) is 7.13. The third kappa shape index (κ3) is 3.46. The van der Waals surface area contributed by atoms with E-state index in [0.717, 1.165) is 28.1 Å². The largest absolute Gasteiger partial charge is 0.337 e. The zero-order valence-corrected chi connectivity index (χ0v) is 17.2. The first-order chi connectivity index (χ1) is 12.7. The van der Waals surface area contributed by atoms with E-state index in [1.54, 1.807) is 17.4 Å². The van der Waals surface area contributed by atoms with Crippen molar-refractivity contribution >= 4 is 17.1 Å². The van der Waals surface area contributed by atoms with Crippen molar-refractivity contribution < 1.29 is 4.79 Å². The summed E-state index contributed by atoms with van der Waals surface area (Å²) >= 11 is 0. The highest BCUT2D eigenvalue weighted by molar-refractivity contribution is 5.96. The quantitative estimate of drug-likeness (QED) is 0.689. The lowest BCUT2D eigenvalue weighted by atomic mass is 10.1. The molecule has 0 saturated carbocycles. The number of aromatic nitrogens is 5. The molecule has 0 aliphatic rings. The lowest BCUT2D eigenvalue weighted by Crippen LogP contribution is -2.27. The van der Waals surface area contributed by atoms with E-state index in [0.29, 0.717) is 18.2 Å². The van der Waals surface area contributed by atoms with Crippen LogP contribution in [0.4, 0.5) is 0 Å². The lowest BCUT2D eigenvalue weighted by molar-refractivity contribution is 0.0784. The van der Waals surface area contributed by atoms with Gasteiger partial charge in [-0.05, 0) is 47.6 Å². The minimum absolute atomic E-state index is 0.0698. The van der Waals surface area contributed by atoms with Gasteiger partial charge in [-0.1, -0.05) is 0 Å². The highest BCUT2D eigenvalue weighted by atomic mass is 16.2. The fourth-order valence-electron chi connectivity index (χ4n) is 3.37. The van der Waals surface area contributed by atoms with Gasteiger partial charge in [-0.15, -0.1) is 0 Å². The number of rotatable bonds is 5. The van der Waals surface area contributed by atoms with E-state index in [2.05, 4.69) is 49.7 Å². The van der Waals surface area contributed by atoms with Gasteiger partial charge in [0.2, 0.25) is 0 Å². The molecule has 7 heteroatoms. The molecular formula is C20H28N6O. The Balaban J connectivity index is 1.85. The van der Waals surface area contributed by atoms with Crippen LogP contribution in [0.2, 0.25) is 0 Å². The standard InChI is InChI=1S/C20H28N6O/c1-12(2)25-11-22-18-8-16(9-21-19(18)25)20(27)24(7)10-17-14(5)23-26(13(3)4)15(17)6/h8-9,11-13H,10H2,1-7H3. The zero-order chi connectivity index (χ0) is 19.9. The Hall–Kier alpha value is -2.70. The number of carbonyl (C=O) groups excluding carboxylic acids is 1. The molecule has 1 amide bonds. The number of carbonyl (C=O) groups is 1. The molecule has 0 unspecified atom stereocenters. The van der Waals surface area contributed by atoms with Crippen LogP contribution in [0.15, 0.2) is 18.6 Å². The van der Waals surface area contributed by atoms with E-state index in [4.69, 9.17) is 0 Å². The summed E-state index contributed by atoms with van der Waals surface area (Å²) in [6.07, 6.45) is 3.41. The number of amides is 1. The molecule has 0 N–H and O–H groups in total. The average molecular weight is 368 g/mol. The first-order valence-electron chi connectivity index (χ1n) is 9.33. The number of pyridine rings is 1. The fourth-order valence-corrected chi connectivity index (χ4v) is 3.37. The van der Waals surface area contributed by atoms with Crippen molar-refractivity contribution in [2.45, 2.75) is 60.2 Å². The van der Waals surface area contributed by atoms with Gasteiger partial charge in [-0.25, -0.2) is 9.97 Å². The molecular weight excluding hydrogens is 340 g/mol. The van der Waals surface area contributed by atoms with Crippen LogP contribution in [0, 0.1) is 13.8 Å². The Morgan fingerprint density at radius 3 is 2.44 bits per heavy atom. The second-order valence-corrected chi connectivity index (χ2v) is 7.66. The molecule has 0 spiro atoms. The van der Waals surface area contributed by atoms with Crippen LogP contribution in [0.3, 0.4) is 0 Å². The van der Waals surface area contributed by atoms with Gasteiger partial charge in [0, 0.05) is 43.1 Å². The van der Waals surface area contributed by atoms with Crippen LogP contribution < -0.4 is 0 Å². The topological polar surface area (TPSA) is 68.8 Å². The maximum absolute atomic E-state index is 12.9. The van der Waals surface area contributed by atoms with Gasteiger partial charge in [0.1, 0.15) is 5.52 Å². The van der Waals surface area contributed by atoms with E-state index in [9.17, 15) is 4.79 Å². The SMILES string of the molecule is Cc1nn(C(C)C)c(C)c1CN(C)C(=O)c1cnc2c(c1)ncn2C(C)C. The van der Waals surface area contributed by atoms with Crippen molar-refractivity contribution in [1.29, 1.82) is 0 Å². The molecule has 0 radical (unpaired) electrons. The second-order valence-electron chi connectivity index (χ2n) is 7.66. The van der Waals surface area contributed by atoms with E-state index in [1.165, 1.54) is 0 Å². The molecule has 7 nitrogen and oxygen atoms in total. The van der Waals surface area contributed by atoms with Crippen molar-refractivity contribution in [2.24, 2.45) is 0 Å². The third-order valence-corrected chi connectivity index (χ3v) is 4.92. The molecule has 0 aliphatic carbocycles. The van der Waals surface area contributed by atoms with Gasteiger partial charge in [0.05, 0.1) is 17.6 Å². The maximum atomic E-state index is 12.9. The van der Waals surface area contributed by atoms with Crippen LogP contribution in [0.5, 0.6) is 0 Å². The number of imidazole rings is 1. The molecule has 27 heavy (non-hydrogen) atoms. The summed E-state index contributed by atoms with van der Waals surface area (Å²) in [7, 11) is 1.81. The Bertz CT molecular complexity index is 982. The van der Waals surface area contributed by atoms with Crippen LogP contribution >= 0.6 is 0 Å². The number of hydrogen-bond donors (Lipinski definition) is 0. The summed E-state index contributed by atoms with van der Waals surface area (Å²) in [5, 5.41) is 4.61. The van der Waals surface area contributed by atoms with Crippen LogP contribution in [0.25, 0.3) is 11.2 Å². The molecule has 0 aromatic carbocycles. The normalized spacial score (nSPS) is 11.7. The first kappa shape index (κ1) is 19.1. The van der Waals surface area contributed by atoms with Crippen LogP contribution in [-0.4, -0.2) is 42.2 Å². The van der Waals surface area contributed by atoms with Gasteiger partial charge in [0.25, 0.3) is 5.91 Å². The van der Waals surface area contributed by atoms with E-state index in [-0.39, 0.29) is 11.9 Å². The Labute approximate surface area is 160 Å². The molecule has 0 aliphatic heterocycles. The predicted octanol–water partition coefficient (Wildman–Crippen LogP) is 3.68.